The highest BCUT2D eigenvalue weighted by molar-refractivity contribution is 5.66. The zero-order valence-electron chi connectivity index (χ0n) is 20.2. The number of benzene rings is 3. The van der Waals surface area contributed by atoms with Crippen molar-refractivity contribution in [2.75, 3.05) is 6.61 Å². The van der Waals surface area contributed by atoms with Crippen LogP contribution in [0.25, 0.3) is 11.1 Å². The van der Waals surface area contributed by atoms with E-state index in [1.807, 2.05) is 6.08 Å². The van der Waals surface area contributed by atoms with Crippen molar-refractivity contribution in [3.8, 4) is 22.6 Å². The van der Waals surface area contributed by atoms with Crippen LogP contribution in [0.1, 0.15) is 42.7 Å². The van der Waals surface area contributed by atoms with Crippen LogP contribution in [0.15, 0.2) is 61.2 Å². The lowest BCUT2D eigenvalue weighted by Gasteiger charge is -2.27. The van der Waals surface area contributed by atoms with Crippen LogP contribution in [-0.4, -0.2) is 12.7 Å². The molecule has 0 aliphatic heterocycles. The predicted octanol–water partition coefficient (Wildman–Crippen LogP) is 8.73. The molecular weight excluding hydrogens is 494 g/mol. The molecule has 0 aromatic heterocycles. The Morgan fingerprint density at radius 2 is 1.41 bits per heavy atom. The minimum absolute atomic E-state index is 0.00500. The van der Waals surface area contributed by atoms with Gasteiger partial charge in [0, 0.05) is 11.1 Å². The monoisotopic (exact) mass is 520 g/mol. The minimum Gasteiger partial charge on any atom is -0.480 e. The van der Waals surface area contributed by atoms with Gasteiger partial charge in [-0.1, -0.05) is 30.3 Å². The van der Waals surface area contributed by atoms with Gasteiger partial charge in [0.2, 0.25) is 5.82 Å². The highest BCUT2D eigenvalue weighted by Crippen LogP contribution is 2.37. The van der Waals surface area contributed by atoms with Crippen molar-refractivity contribution in [2.24, 2.45) is 5.92 Å². The summed E-state index contributed by atoms with van der Waals surface area (Å²) in [5, 5.41) is 0. The van der Waals surface area contributed by atoms with E-state index in [1.54, 1.807) is 12.1 Å². The largest absolute Gasteiger partial charge is 0.480 e. The van der Waals surface area contributed by atoms with E-state index in [-0.39, 0.29) is 11.3 Å². The first kappa shape index (κ1) is 26.6. The molecule has 0 N–H and O–H groups in total. The van der Waals surface area contributed by atoms with E-state index in [9.17, 15) is 26.3 Å². The Kier molecular flexibility index (Phi) is 7.85. The summed E-state index contributed by atoms with van der Waals surface area (Å²) in [6, 6.07) is 10.5. The van der Waals surface area contributed by atoms with Crippen molar-refractivity contribution >= 4 is 0 Å². The summed E-state index contributed by atoms with van der Waals surface area (Å²) in [5.41, 5.74) is -0.0363. The maximum Gasteiger partial charge on any atom is 0.432 e. The SMILES string of the molecule is C=CC1CCC(c2ccc(OC(F)(F)COc3ccc(-c4ccc(C)c(F)c4F)c(F)c3F)cc2)CC1. The second-order valence-electron chi connectivity index (χ2n) is 9.24. The van der Waals surface area contributed by atoms with Crippen molar-refractivity contribution in [1.29, 1.82) is 0 Å². The third-order valence-corrected chi connectivity index (χ3v) is 6.73. The van der Waals surface area contributed by atoms with Crippen LogP contribution in [0.5, 0.6) is 11.5 Å². The molecule has 4 rings (SSSR count). The molecule has 0 amide bonds. The quantitative estimate of drug-likeness (QED) is 0.218. The first-order valence-electron chi connectivity index (χ1n) is 11.9. The number of rotatable bonds is 8. The molecule has 1 saturated carbocycles. The standard InChI is InChI=1S/C29H26F6O2/c1-3-18-5-7-19(8-6-18)20-9-11-21(12-10-20)37-29(34,35)16-36-24-15-14-23(27(32)28(24)33)22-13-4-17(2)25(30)26(22)31/h3-4,9-15,18-19H,1,5-8,16H2,2H3. The van der Waals surface area contributed by atoms with Crippen molar-refractivity contribution in [1.82, 2.24) is 0 Å². The normalized spacial score (nSPS) is 17.9. The lowest BCUT2D eigenvalue weighted by atomic mass is 9.79. The van der Waals surface area contributed by atoms with Crippen molar-refractivity contribution in [2.45, 2.75) is 44.6 Å². The van der Waals surface area contributed by atoms with Gasteiger partial charge in [0.15, 0.2) is 29.8 Å². The third kappa shape index (κ3) is 5.95. The smallest absolute Gasteiger partial charge is 0.432 e. The van der Waals surface area contributed by atoms with Gasteiger partial charge in [-0.3, -0.25) is 0 Å². The van der Waals surface area contributed by atoms with E-state index in [0.29, 0.717) is 11.8 Å². The summed E-state index contributed by atoms with van der Waals surface area (Å²) in [7, 11) is 0. The molecule has 0 heterocycles. The van der Waals surface area contributed by atoms with E-state index < -0.39 is 52.9 Å². The first-order chi connectivity index (χ1) is 17.6. The molecule has 0 saturated heterocycles. The number of aryl methyl sites for hydroxylation is 1. The molecule has 0 atom stereocenters. The highest BCUT2D eigenvalue weighted by Gasteiger charge is 2.34. The molecule has 0 radical (unpaired) electrons. The number of hydrogen-bond donors (Lipinski definition) is 0. The number of allylic oxidation sites excluding steroid dienone is 1. The minimum atomic E-state index is -3.85. The van der Waals surface area contributed by atoms with Gasteiger partial charge in [-0.05, 0) is 79.8 Å². The molecule has 0 spiro atoms. The molecule has 196 valence electrons. The van der Waals surface area contributed by atoms with Crippen LogP contribution in [0, 0.1) is 36.1 Å². The number of halogens is 6. The zero-order valence-corrected chi connectivity index (χ0v) is 20.2. The predicted molar refractivity (Wildman–Crippen MR) is 129 cm³/mol. The van der Waals surface area contributed by atoms with Gasteiger partial charge in [-0.25, -0.2) is 13.2 Å². The fourth-order valence-corrected chi connectivity index (χ4v) is 4.57. The first-order valence-corrected chi connectivity index (χ1v) is 11.9. The number of ether oxygens (including phenoxy) is 2. The van der Waals surface area contributed by atoms with E-state index in [4.69, 9.17) is 9.47 Å². The molecule has 1 fully saturated rings. The van der Waals surface area contributed by atoms with Gasteiger partial charge in [0.25, 0.3) is 0 Å². The van der Waals surface area contributed by atoms with Gasteiger partial charge in [0.1, 0.15) is 5.75 Å². The third-order valence-electron chi connectivity index (χ3n) is 6.73. The Morgan fingerprint density at radius 1 is 0.811 bits per heavy atom. The molecule has 1 aliphatic rings. The Hall–Kier alpha value is -3.42. The summed E-state index contributed by atoms with van der Waals surface area (Å²) in [4.78, 5) is 0. The fraction of sp³-hybridized carbons (Fsp3) is 0.310. The van der Waals surface area contributed by atoms with E-state index in [2.05, 4.69) is 6.58 Å². The Morgan fingerprint density at radius 3 is 2.03 bits per heavy atom. The maximum atomic E-state index is 14.6. The van der Waals surface area contributed by atoms with Crippen LogP contribution in [0.2, 0.25) is 0 Å². The summed E-state index contributed by atoms with van der Waals surface area (Å²) in [6.45, 7) is 3.76. The second kappa shape index (κ2) is 10.9. The van der Waals surface area contributed by atoms with Crippen LogP contribution >= 0.6 is 0 Å². The second-order valence-corrected chi connectivity index (χ2v) is 9.24. The summed E-state index contributed by atoms with van der Waals surface area (Å²) in [5.74, 6) is -5.76. The van der Waals surface area contributed by atoms with Crippen LogP contribution < -0.4 is 9.47 Å². The van der Waals surface area contributed by atoms with Gasteiger partial charge < -0.3 is 9.47 Å². The van der Waals surface area contributed by atoms with E-state index in [0.717, 1.165) is 49.4 Å². The summed E-state index contributed by atoms with van der Waals surface area (Å²) in [6.07, 6.45) is 2.18. The molecule has 0 unspecified atom stereocenters. The van der Waals surface area contributed by atoms with Gasteiger partial charge in [0.05, 0.1) is 0 Å². The van der Waals surface area contributed by atoms with Crippen LogP contribution in [0.4, 0.5) is 26.3 Å². The van der Waals surface area contributed by atoms with Crippen molar-refractivity contribution in [3.63, 3.8) is 0 Å². The molecule has 37 heavy (non-hydrogen) atoms. The zero-order chi connectivity index (χ0) is 26.7. The summed E-state index contributed by atoms with van der Waals surface area (Å²) < 4.78 is 95.5. The van der Waals surface area contributed by atoms with Gasteiger partial charge in [-0.15, -0.1) is 6.58 Å². The fourth-order valence-electron chi connectivity index (χ4n) is 4.57. The highest BCUT2D eigenvalue weighted by atomic mass is 19.3. The van der Waals surface area contributed by atoms with Gasteiger partial charge >= 0.3 is 6.11 Å². The molecule has 3 aromatic rings. The Labute approximate surface area is 211 Å². The molecule has 8 heteroatoms. The lowest BCUT2D eigenvalue weighted by Crippen LogP contribution is -2.32. The van der Waals surface area contributed by atoms with Crippen LogP contribution in [0.3, 0.4) is 0 Å². The molecule has 2 nitrogen and oxygen atoms in total. The summed E-state index contributed by atoms with van der Waals surface area (Å²) >= 11 is 0. The lowest BCUT2D eigenvalue weighted by molar-refractivity contribution is -0.195. The van der Waals surface area contributed by atoms with Crippen molar-refractivity contribution < 1.29 is 35.8 Å². The van der Waals surface area contributed by atoms with E-state index >= 15 is 0 Å². The topological polar surface area (TPSA) is 18.5 Å². The maximum absolute atomic E-state index is 14.6. The molecular formula is C29H26F6O2. The molecule has 1 aliphatic carbocycles. The molecule has 0 bridgehead atoms. The Bertz CT molecular complexity index is 1260. The number of hydrogen-bond acceptors (Lipinski definition) is 2. The molecule has 3 aromatic carbocycles. The van der Waals surface area contributed by atoms with Gasteiger partial charge in [-0.2, -0.15) is 13.2 Å². The average molecular weight is 521 g/mol. The van der Waals surface area contributed by atoms with Crippen LogP contribution in [-0.2, 0) is 0 Å². The van der Waals surface area contributed by atoms with E-state index in [1.165, 1.54) is 25.1 Å². The average Bonchev–Trinajstić information content (AvgIpc) is 2.89. The van der Waals surface area contributed by atoms with Crippen molar-refractivity contribution in [3.05, 3.63) is 95.6 Å². The number of alkyl halides is 2. The Balaban J connectivity index is 1.40.